The van der Waals surface area contributed by atoms with Gasteiger partial charge in [0.25, 0.3) is 0 Å². The molecule has 5 nitrogen and oxygen atoms in total. The van der Waals surface area contributed by atoms with E-state index in [0.717, 1.165) is 0 Å². The highest BCUT2D eigenvalue weighted by Crippen LogP contribution is 2.20. The smallest absolute Gasteiger partial charge is 0.241 e. The second-order valence-electron chi connectivity index (χ2n) is 4.15. The molecule has 0 saturated heterocycles. The zero-order valence-corrected chi connectivity index (χ0v) is 13.4. The standard InChI is InChI=1S/C12H17BrN2O3S/c1-4-14-12(16)9(3)15-19(17,18)11-7-10(13)6-5-8(11)2/h5-7,9,15H,4H2,1-3H3,(H,14,16)/t9-/m1/s1. The molecule has 0 spiro atoms. The largest absolute Gasteiger partial charge is 0.355 e. The molecule has 1 aromatic carbocycles. The SMILES string of the molecule is CCNC(=O)[C@@H](C)NS(=O)(=O)c1cc(Br)ccc1C. The van der Waals surface area contributed by atoms with Crippen LogP contribution in [0.1, 0.15) is 19.4 Å². The highest BCUT2D eigenvalue weighted by atomic mass is 79.9. The van der Waals surface area contributed by atoms with E-state index in [1.54, 1.807) is 26.0 Å². The normalized spacial score (nSPS) is 13.1. The van der Waals surface area contributed by atoms with E-state index in [0.29, 0.717) is 16.6 Å². The van der Waals surface area contributed by atoms with E-state index in [-0.39, 0.29) is 10.8 Å². The van der Waals surface area contributed by atoms with Crippen LogP contribution in [-0.4, -0.2) is 26.9 Å². The van der Waals surface area contributed by atoms with E-state index in [9.17, 15) is 13.2 Å². The van der Waals surface area contributed by atoms with Crippen LogP contribution in [0.15, 0.2) is 27.6 Å². The molecule has 1 atom stereocenters. The number of hydrogen-bond acceptors (Lipinski definition) is 3. The third-order valence-corrected chi connectivity index (χ3v) is 4.69. The van der Waals surface area contributed by atoms with Crippen molar-refractivity contribution in [3.8, 4) is 0 Å². The number of carbonyl (C=O) groups excluding carboxylic acids is 1. The molecular formula is C12H17BrN2O3S. The zero-order valence-electron chi connectivity index (χ0n) is 11.0. The number of likely N-dealkylation sites (N-methyl/N-ethyl adjacent to an activating group) is 1. The molecule has 2 N–H and O–H groups in total. The molecule has 0 fully saturated rings. The summed E-state index contributed by atoms with van der Waals surface area (Å²) in [5.74, 6) is -0.348. The second-order valence-corrected chi connectivity index (χ2v) is 6.75. The van der Waals surface area contributed by atoms with Gasteiger partial charge in [0.05, 0.1) is 10.9 Å². The van der Waals surface area contributed by atoms with E-state index in [1.165, 1.54) is 13.0 Å². The lowest BCUT2D eigenvalue weighted by Gasteiger charge is -2.15. The molecule has 0 unspecified atom stereocenters. The lowest BCUT2D eigenvalue weighted by atomic mass is 10.2. The molecule has 0 aromatic heterocycles. The number of sulfonamides is 1. The van der Waals surface area contributed by atoms with Crippen LogP contribution in [0.25, 0.3) is 0 Å². The number of hydrogen-bond donors (Lipinski definition) is 2. The van der Waals surface area contributed by atoms with Crippen molar-refractivity contribution >= 4 is 31.9 Å². The average molecular weight is 349 g/mol. The van der Waals surface area contributed by atoms with Gasteiger partial charge in [0.2, 0.25) is 15.9 Å². The first-order valence-corrected chi connectivity index (χ1v) is 8.11. The molecule has 0 aliphatic heterocycles. The van der Waals surface area contributed by atoms with Crippen molar-refractivity contribution in [2.75, 3.05) is 6.54 Å². The summed E-state index contributed by atoms with van der Waals surface area (Å²) in [6.45, 7) is 5.45. The van der Waals surface area contributed by atoms with Gasteiger partial charge in [0.1, 0.15) is 0 Å². The van der Waals surface area contributed by atoms with Crippen molar-refractivity contribution in [2.45, 2.75) is 31.7 Å². The Labute approximate surface area is 122 Å². The van der Waals surface area contributed by atoms with Crippen molar-refractivity contribution in [1.82, 2.24) is 10.0 Å². The number of aryl methyl sites for hydroxylation is 1. The minimum atomic E-state index is -3.72. The molecule has 1 amide bonds. The van der Waals surface area contributed by atoms with Gasteiger partial charge in [0.15, 0.2) is 0 Å². The Morgan fingerprint density at radius 2 is 2.05 bits per heavy atom. The summed E-state index contributed by atoms with van der Waals surface area (Å²) < 4.78 is 27.5. The van der Waals surface area contributed by atoms with Crippen LogP contribution < -0.4 is 10.0 Å². The fraction of sp³-hybridized carbons (Fsp3) is 0.417. The van der Waals surface area contributed by atoms with Gasteiger partial charge in [-0.1, -0.05) is 22.0 Å². The van der Waals surface area contributed by atoms with E-state index >= 15 is 0 Å². The van der Waals surface area contributed by atoms with Gasteiger partial charge in [-0.2, -0.15) is 4.72 Å². The number of amides is 1. The van der Waals surface area contributed by atoms with Gasteiger partial charge in [0, 0.05) is 11.0 Å². The van der Waals surface area contributed by atoms with Crippen molar-refractivity contribution < 1.29 is 13.2 Å². The zero-order chi connectivity index (χ0) is 14.6. The molecule has 0 saturated carbocycles. The van der Waals surface area contributed by atoms with Gasteiger partial charge in [-0.15, -0.1) is 0 Å². The third-order valence-electron chi connectivity index (χ3n) is 2.52. The summed E-state index contributed by atoms with van der Waals surface area (Å²) in [5, 5.41) is 2.57. The van der Waals surface area contributed by atoms with Gasteiger partial charge in [-0.25, -0.2) is 8.42 Å². The number of rotatable bonds is 5. The number of halogens is 1. The highest BCUT2D eigenvalue weighted by molar-refractivity contribution is 9.10. The van der Waals surface area contributed by atoms with Crippen LogP contribution in [0.5, 0.6) is 0 Å². The predicted molar refractivity (Wildman–Crippen MR) is 77.3 cm³/mol. The average Bonchev–Trinajstić information content (AvgIpc) is 2.31. The lowest BCUT2D eigenvalue weighted by molar-refractivity contribution is -0.122. The van der Waals surface area contributed by atoms with E-state index in [1.807, 2.05) is 0 Å². The van der Waals surface area contributed by atoms with Crippen LogP contribution in [0, 0.1) is 6.92 Å². The minimum Gasteiger partial charge on any atom is -0.355 e. The Bertz CT molecular complexity index is 572. The Morgan fingerprint density at radius 1 is 1.42 bits per heavy atom. The predicted octanol–water partition coefficient (Wildman–Crippen LogP) is 1.56. The summed E-state index contributed by atoms with van der Waals surface area (Å²) in [4.78, 5) is 11.7. The molecule has 106 valence electrons. The molecular weight excluding hydrogens is 332 g/mol. The molecule has 19 heavy (non-hydrogen) atoms. The molecule has 0 radical (unpaired) electrons. The molecule has 7 heteroatoms. The summed E-state index contributed by atoms with van der Waals surface area (Å²) >= 11 is 3.24. The van der Waals surface area contributed by atoms with E-state index < -0.39 is 16.1 Å². The minimum absolute atomic E-state index is 0.165. The van der Waals surface area contributed by atoms with Crippen molar-refractivity contribution in [3.05, 3.63) is 28.2 Å². The highest BCUT2D eigenvalue weighted by Gasteiger charge is 2.23. The quantitative estimate of drug-likeness (QED) is 0.847. The van der Waals surface area contributed by atoms with Crippen molar-refractivity contribution in [3.63, 3.8) is 0 Å². The number of benzene rings is 1. The summed E-state index contributed by atoms with van der Waals surface area (Å²) in [6, 6.07) is 4.17. The topological polar surface area (TPSA) is 75.3 Å². The lowest BCUT2D eigenvalue weighted by Crippen LogP contribution is -2.44. The van der Waals surface area contributed by atoms with Crippen molar-refractivity contribution in [2.24, 2.45) is 0 Å². The molecule has 0 heterocycles. The summed E-state index contributed by atoms with van der Waals surface area (Å²) in [5.41, 5.74) is 0.624. The van der Waals surface area contributed by atoms with Gasteiger partial charge in [-0.05, 0) is 38.5 Å². The molecule has 1 aromatic rings. The first kappa shape index (κ1) is 16.1. The molecule has 0 aliphatic rings. The molecule has 0 bridgehead atoms. The molecule has 0 aliphatic carbocycles. The monoisotopic (exact) mass is 348 g/mol. The van der Waals surface area contributed by atoms with Crippen LogP contribution in [0.4, 0.5) is 0 Å². The van der Waals surface area contributed by atoms with Gasteiger partial charge < -0.3 is 5.32 Å². The Hall–Kier alpha value is -0.920. The van der Waals surface area contributed by atoms with Crippen LogP contribution >= 0.6 is 15.9 Å². The van der Waals surface area contributed by atoms with E-state index in [2.05, 4.69) is 26.0 Å². The van der Waals surface area contributed by atoms with Gasteiger partial charge >= 0.3 is 0 Å². The Balaban J connectivity index is 2.99. The van der Waals surface area contributed by atoms with Gasteiger partial charge in [-0.3, -0.25) is 4.79 Å². The van der Waals surface area contributed by atoms with E-state index in [4.69, 9.17) is 0 Å². The number of carbonyl (C=O) groups is 1. The maximum atomic E-state index is 12.2. The summed E-state index contributed by atoms with van der Waals surface area (Å²) in [6.07, 6.45) is 0. The first-order valence-electron chi connectivity index (χ1n) is 5.84. The fourth-order valence-electron chi connectivity index (χ4n) is 1.54. The maximum absolute atomic E-state index is 12.2. The third kappa shape index (κ3) is 4.29. The fourth-order valence-corrected chi connectivity index (χ4v) is 3.53. The number of nitrogens with one attached hydrogen (secondary N) is 2. The Kier molecular flexibility index (Phi) is 5.51. The van der Waals surface area contributed by atoms with Crippen molar-refractivity contribution in [1.29, 1.82) is 0 Å². The van der Waals surface area contributed by atoms with Crippen LogP contribution in [-0.2, 0) is 14.8 Å². The van der Waals surface area contributed by atoms with Crippen LogP contribution in [0.3, 0.4) is 0 Å². The first-order chi connectivity index (χ1) is 8.77. The maximum Gasteiger partial charge on any atom is 0.241 e. The second kappa shape index (κ2) is 6.49. The summed E-state index contributed by atoms with van der Waals surface area (Å²) in [7, 11) is -3.72. The molecule has 1 rings (SSSR count). The van der Waals surface area contributed by atoms with Crippen LogP contribution in [0.2, 0.25) is 0 Å². The Morgan fingerprint density at radius 3 is 2.63 bits per heavy atom.